The number of hydrazine groups is 1. The smallest absolute Gasteiger partial charge is 0.344 e. The largest absolute Gasteiger partial charge is 0.569 e. The van der Waals surface area contributed by atoms with Crippen molar-refractivity contribution >= 4 is 35.1 Å². The van der Waals surface area contributed by atoms with Crippen LogP contribution in [0.15, 0.2) is 53.8 Å². The second kappa shape index (κ2) is 13.0. The first-order valence-electron chi connectivity index (χ1n) is 11.0. The van der Waals surface area contributed by atoms with Crippen LogP contribution in [-0.4, -0.2) is 52.8 Å². The summed E-state index contributed by atoms with van der Waals surface area (Å²) in [7, 11) is 0. The van der Waals surface area contributed by atoms with Gasteiger partial charge in [0.05, 0.1) is 30.9 Å². The fourth-order valence-electron chi connectivity index (χ4n) is 3.13. The second-order valence-electron chi connectivity index (χ2n) is 7.51. The summed E-state index contributed by atoms with van der Waals surface area (Å²) in [6.45, 7) is 0.533. The molecule has 2 N–H and O–H groups in total. The zero-order valence-electron chi connectivity index (χ0n) is 19.2. The van der Waals surface area contributed by atoms with Crippen LogP contribution >= 0.6 is 12.2 Å². The number of benzene rings is 2. The molecule has 0 aliphatic carbocycles. The Morgan fingerprint density at radius 3 is 2.31 bits per heavy atom. The minimum Gasteiger partial charge on any atom is -0.569 e. The number of hydrogen-bond donors (Lipinski definition) is 1. The number of hydrogen-bond acceptors (Lipinski definition) is 10. The molecule has 0 unspecified atom stereocenters. The Kier molecular flexibility index (Phi) is 9.51. The summed E-state index contributed by atoms with van der Waals surface area (Å²) < 4.78 is 15.3. The summed E-state index contributed by atoms with van der Waals surface area (Å²) in [4.78, 5) is 41.9. The van der Waals surface area contributed by atoms with Crippen LogP contribution in [0.4, 0.5) is 0 Å². The van der Waals surface area contributed by atoms with E-state index in [0.717, 1.165) is 12.8 Å². The van der Waals surface area contributed by atoms with E-state index >= 15 is 0 Å². The third-order valence-corrected chi connectivity index (χ3v) is 5.16. The number of nitrogens with two attached hydrogens (primary N) is 1. The van der Waals surface area contributed by atoms with Crippen LogP contribution in [-0.2, 0) is 19.2 Å². The summed E-state index contributed by atoms with van der Waals surface area (Å²) in [6.07, 6.45) is 1.24. The molecule has 1 aliphatic heterocycles. The number of esters is 3. The lowest BCUT2D eigenvalue weighted by Crippen LogP contribution is -2.27. The Morgan fingerprint density at radius 2 is 1.64 bits per heavy atom. The maximum atomic E-state index is 12.4. The van der Waals surface area contributed by atoms with Crippen molar-refractivity contribution in [2.45, 2.75) is 25.7 Å². The van der Waals surface area contributed by atoms with Gasteiger partial charge in [-0.15, -0.1) is 5.01 Å². The molecule has 3 rings (SSSR count). The van der Waals surface area contributed by atoms with Crippen LogP contribution < -0.4 is 15.2 Å². The molecule has 36 heavy (non-hydrogen) atoms. The van der Waals surface area contributed by atoms with Gasteiger partial charge in [-0.1, -0.05) is 24.4 Å². The monoisotopic (exact) mass is 516 g/mol. The Bertz CT molecular complexity index is 1130. The first kappa shape index (κ1) is 26.3. The predicted molar refractivity (Wildman–Crippen MR) is 128 cm³/mol. The summed E-state index contributed by atoms with van der Waals surface area (Å²) in [5.74, 6) is -2.04. The van der Waals surface area contributed by atoms with Gasteiger partial charge in [-0.05, 0) is 49.2 Å². The molecule has 1 fully saturated rings. The fraction of sp³-hybridized carbons (Fsp3) is 0.304. The van der Waals surface area contributed by atoms with E-state index in [-0.39, 0.29) is 34.9 Å². The quantitative estimate of drug-likeness (QED) is 0.0684. The zero-order chi connectivity index (χ0) is 25.9. The molecule has 2 aromatic carbocycles. The SMILES string of the molecule is NC(=S)c1ccc(OC(=O)CCC(=O)Oc2ccccc2C(=O)OCO/N=[N+](\[O-])N2CCCC2)cc1. The lowest BCUT2D eigenvalue weighted by Gasteiger charge is -2.11. The highest BCUT2D eigenvalue weighted by atomic mass is 32.1. The predicted octanol–water partition coefficient (Wildman–Crippen LogP) is 2.63. The number of para-hydroxylation sites is 1. The summed E-state index contributed by atoms with van der Waals surface area (Å²) in [5.41, 5.74) is 6.10. The van der Waals surface area contributed by atoms with Crippen molar-refractivity contribution in [3.63, 3.8) is 0 Å². The van der Waals surface area contributed by atoms with Crippen LogP contribution in [0, 0.1) is 5.21 Å². The first-order chi connectivity index (χ1) is 17.3. The van der Waals surface area contributed by atoms with Crippen molar-refractivity contribution in [3.05, 3.63) is 64.9 Å². The van der Waals surface area contributed by atoms with Crippen LogP contribution in [0.25, 0.3) is 0 Å². The molecule has 1 saturated heterocycles. The van der Waals surface area contributed by atoms with Gasteiger partial charge in [0, 0.05) is 5.56 Å². The molecular weight excluding hydrogens is 492 g/mol. The van der Waals surface area contributed by atoms with E-state index in [2.05, 4.69) is 5.28 Å². The van der Waals surface area contributed by atoms with Gasteiger partial charge in [-0.25, -0.2) is 4.79 Å². The Morgan fingerprint density at radius 1 is 1.00 bits per heavy atom. The molecule has 1 heterocycles. The van der Waals surface area contributed by atoms with Gasteiger partial charge in [0.25, 0.3) is 6.79 Å². The Balaban J connectivity index is 1.45. The Hall–Kier alpha value is -4.26. The molecule has 0 aromatic heterocycles. The van der Waals surface area contributed by atoms with Crippen molar-refractivity contribution in [3.8, 4) is 11.5 Å². The average molecular weight is 517 g/mol. The highest BCUT2D eigenvalue weighted by Gasteiger charge is 2.20. The van der Waals surface area contributed by atoms with Crippen molar-refractivity contribution in [1.82, 2.24) is 5.01 Å². The minimum atomic E-state index is -0.855. The van der Waals surface area contributed by atoms with Crippen LogP contribution in [0.1, 0.15) is 41.6 Å². The molecular formula is C23H24N4O8S. The third kappa shape index (κ3) is 7.91. The third-order valence-electron chi connectivity index (χ3n) is 4.93. The molecule has 190 valence electrons. The lowest BCUT2D eigenvalue weighted by molar-refractivity contribution is -0.708. The highest BCUT2D eigenvalue weighted by Crippen LogP contribution is 2.20. The van der Waals surface area contributed by atoms with Crippen molar-refractivity contribution in [2.24, 2.45) is 11.0 Å². The van der Waals surface area contributed by atoms with Crippen LogP contribution in [0.3, 0.4) is 0 Å². The van der Waals surface area contributed by atoms with Crippen molar-refractivity contribution in [2.75, 3.05) is 19.9 Å². The molecule has 0 bridgehead atoms. The summed E-state index contributed by atoms with van der Waals surface area (Å²) in [6, 6.07) is 12.2. The van der Waals surface area contributed by atoms with Crippen molar-refractivity contribution < 1.29 is 38.4 Å². The maximum Gasteiger partial charge on any atom is 0.344 e. The molecule has 0 spiro atoms. The fourth-order valence-corrected chi connectivity index (χ4v) is 3.26. The van der Waals surface area contributed by atoms with E-state index in [1.54, 1.807) is 24.3 Å². The number of carbonyl (C=O) groups excluding carboxylic acids is 3. The zero-order valence-corrected chi connectivity index (χ0v) is 20.0. The van der Waals surface area contributed by atoms with Gasteiger partial charge >= 0.3 is 17.9 Å². The maximum absolute atomic E-state index is 12.4. The first-order valence-corrected chi connectivity index (χ1v) is 11.4. The number of rotatable bonds is 11. The number of thiocarbonyl (C=S) groups is 1. The van der Waals surface area contributed by atoms with E-state index in [1.807, 2.05) is 0 Å². The van der Waals surface area contributed by atoms with Crippen molar-refractivity contribution in [1.29, 1.82) is 0 Å². The number of carbonyl (C=O) groups is 3. The molecule has 2 aromatic rings. The van der Waals surface area contributed by atoms with Gasteiger partial charge in [0.15, 0.2) is 0 Å². The molecule has 0 saturated carbocycles. The molecule has 12 nitrogen and oxygen atoms in total. The van der Waals surface area contributed by atoms with Crippen LogP contribution in [0.2, 0.25) is 0 Å². The van der Waals surface area contributed by atoms with E-state index in [9.17, 15) is 19.6 Å². The minimum absolute atomic E-state index is 0.0477. The van der Waals surface area contributed by atoms with E-state index in [0.29, 0.717) is 23.6 Å². The van der Waals surface area contributed by atoms with Gasteiger partial charge < -0.3 is 30.0 Å². The Labute approximate surface area is 211 Å². The van der Waals surface area contributed by atoms with Gasteiger partial charge in [-0.2, -0.15) is 0 Å². The standard InChI is InChI=1S/C23H24N4O8S/c24-22(36)16-7-9-17(10-8-16)34-20(28)11-12-21(29)35-19-6-2-1-5-18(19)23(30)32-15-33-25-27(31)26-13-3-4-14-26/h1-2,5-10H,3-4,11-15H2,(H2,24,36)/b27-25-. The van der Waals surface area contributed by atoms with Gasteiger partial charge in [0.1, 0.15) is 22.1 Å². The summed E-state index contributed by atoms with van der Waals surface area (Å²) in [5, 5.41) is 16.5. The van der Waals surface area contributed by atoms with Gasteiger partial charge in [0.2, 0.25) is 5.28 Å². The molecule has 0 atom stereocenters. The van der Waals surface area contributed by atoms with Crippen LogP contribution in [0.5, 0.6) is 11.5 Å². The summed E-state index contributed by atoms with van der Waals surface area (Å²) >= 11 is 4.86. The normalized spacial score (nSPS) is 13.1. The number of ether oxygens (including phenoxy) is 3. The molecule has 1 aliphatic rings. The van der Waals surface area contributed by atoms with E-state index < -0.39 is 24.7 Å². The van der Waals surface area contributed by atoms with E-state index in [4.69, 9.17) is 37.0 Å². The topological polar surface area (TPSA) is 156 Å². The number of nitrogens with zero attached hydrogens (tertiary/aromatic N) is 3. The van der Waals surface area contributed by atoms with E-state index in [1.165, 1.54) is 29.3 Å². The highest BCUT2D eigenvalue weighted by molar-refractivity contribution is 7.80. The molecule has 0 amide bonds. The molecule has 0 radical (unpaired) electrons. The van der Waals surface area contributed by atoms with Gasteiger partial charge in [-0.3, -0.25) is 9.59 Å². The lowest BCUT2D eigenvalue weighted by atomic mass is 10.2. The average Bonchev–Trinajstić information content (AvgIpc) is 3.41. The second-order valence-corrected chi connectivity index (χ2v) is 7.95. The molecule has 13 heteroatoms.